The number of hydrogen-bond acceptors (Lipinski definition) is 2. The maximum absolute atomic E-state index is 8.88. The molecule has 0 saturated carbocycles. The van der Waals surface area contributed by atoms with E-state index in [-0.39, 0.29) is 0 Å². The molecule has 0 aliphatic heterocycles. The monoisotopic (exact) mass is 180 g/mol. The molecule has 0 heterocycles. The van der Waals surface area contributed by atoms with Gasteiger partial charge in [-0.05, 0) is 0 Å². The molecule has 0 aliphatic rings. The normalized spacial score (nSPS) is 10.4. The quantitative estimate of drug-likeness (QED) is 0.232. The largest absolute Gasteiger partial charge is 0.466 e. The maximum atomic E-state index is 8.88. The zero-order valence-corrected chi connectivity index (χ0v) is 5.62. The number of hydrogen-bond donors (Lipinski definition) is 5. The van der Waals surface area contributed by atoms with Crippen LogP contribution in [0.4, 0.5) is 0 Å². The Morgan fingerprint density at radius 3 is 1.11 bits per heavy atom. The summed E-state index contributed by atoms with van der Waals surface area (Å²) in [4.78, 5) is 21.6. The third-order valence-corrected chi connectivity index (χ3v) is 0. The lowest BCUT2D eigenvalue weighted by molar-refractivity contribution is 0.275. The summed E-state index contributed by atoms with van der Waals surface area (Å²) < 4.78 is 31.7. The molecule has 0 rings (SSSR count). The van der Waals surface area contributed by atoms with Crippen LogP contribution in [0.15, 0.2) is 0 Å². The van der Waals surface area contributed by atoms with E-state index in [1.807, 2.05) is 0 Å². The second-order valence-corrected chi connectivity index (χ2v) is 2.23. The van der Waals surface area contributed by atoms with E-state index < -0.39 is 19.2 Å². The fourth-order valence-corrected chi connectivity index (χ4v) is 0. The van der Waals surface area contributed by atoms with E-state index >= 15 is 0 Å². The van der Waals surface area contributed by atoms with E-state index in [0.717, 1.165) is 0 Å². The molecule has 9 heteroatoms. The maximum Gasteiger partial charge on any atom is 0.466 e. The van der Waals surface area contributed by atoms with Gasteiger partial charge in [-0.15, -0.1) is 0 Å². The Balaban J connectivity index is 0. The molecule has 5 N–H and O–H groups in total. The van der Waals surface area contributed by atoms with Crippen LogP contribution < -0.4 is 0 Å². The van der Waals surface area contributed by atoms with E-state index in [0.29, 0.717) is 0 Å². The third-order valence-electron chi connectivity index (χ3n) is 0. The second-order valence-electron chi connectivity index (χ2n) is 0.744. The zero-order chi connectivity index (χ0) is 8.08. The van der Waals surface area contributed by atoms with Gasteiger partial charge in [-0.3, -0.25) is 9.11 Å². The van der Waals surface area contributed by atoms with Gasteiger partial charge in [0.15, 0.2) is 0 Å². The van der Waals surface area contributed by atoms with Crippen molar-refractivity contribution in [3.8, 4) is 0 Å². The molecule has 0 atom stereocenters. The highest BCUT2D eigenvalue weighted by molar-refractivity contribution is 7.73. The van der Waals surface area contributed by atoms with Crippen LogP contribution >= 0.6 is 7.82 Å². The Kier molecular flexibility index (Phi) is 6.62. The molecule has 0 aromatic carbocycles. The molecular formula is H5O7PS. The average Bonchev–Trinajstić information content (AvgIpc) is 1.19. The lowest BCUT2D eigenvalue weighted by Crippen LogP contribution is -1.74. The minimum Gasteiger partial charge on any atom is -0.303 e. The Hall–Kier alpha value is 0.180. The third kappa shape index (κ3) is 9640. The van der Waals surface area contributed by atoms with Crippen molar-refractivity contribution in [2.45, 2.75) is 0 Å². The number of phosphoric acid groups is 1. The highest BCUT2D eigenvalue weighted by atomic mass is 32.2. The van der Waals surface area contributed by atoms with Crippen molar-refractivity contribution in [2.24, 2.45) is 0 Å². The van der Waals surface area contributed by atoms with Crippen molar-refractivity contribution in [2.75, 3.05) is 0 Å². The molecule has 0 unspecified atom stereocenters. The lowest BCUT2D eigenvalue weighted by Gasteiger charge is -1.82. The van der Waals surface area contributed by atoms with Gasteiger partial charge in [0.1, 0.15) is 0 Å². The van der Waals surface area contributed by atoms with Gasteiger partial charge in [-0.2, -0.15) is 4.21 Å². The van der Waals surface area contributed by atoms with E-state index in [4.69, 9.17) is 32.6 Å². The van der Waals surface area contributed by atoms with Crippen molar-refractivity contribution < 1.29 is 32.6 Å². The van der Waals surface area contributed by atoms with Crippen molar-refractivity contribution in [1.82, 2.24) is 0 Å². The summed E-state index contributed by atoms with van der Waals surface area (Å²) >= 11 is -2.61. The van der Waals surface area contributed by atoms with Crippen LogP contribution in [0.1, 0.15) is 0 Å². The summed E-state index contributed by atoms with van der Waals surface area (Å²) in [7, 11) is -4.64. The van der Waals surface area contributed by atoms with Gasteiger partial charge < -0.3 is 14.7 Å². The topological polar surface area (TPSA) is 135 Å². The zero-order valence-electron chi connectivity index (χ0n) is 3.91. The smallest absolute Gasteiger partial charge is 0.303 e. The summed E-state index contributed by atoms with van der Waals surface area (Å²) in [6, 6.07) is 0. The van der Waals surface area contributed by atoms with E-state index in [2.05, 4.69) is 0 Å². The van der Waals surface area contributed by atoms with Crippen LogP contribution in [-0.2, 0) is 15.9 Å². The predicted octanol–water partition coefficient (Wildman–Crippen LogP) is -1.25. The van der Waals surface area contributed by atoms with Gasteiger partial charge in [0, 0.05) is 0 Å². The van der Waals surface area contributed by atoms with Crippen LogP contribution in [-0.4, -0.2) is 28.0 Å². The molecule has 0 aromatic rings. The van der Waals surface area contributed by atoms with Crippen LogP contribution in [0.25, 0.3) is 0 Å². The standard InChI is InChI=1S/H3O4P.H2O3S/c1-5(2,3)4;1-4(2)3/h(H3,1,2,3,4);(H2,1,2,3). The Morgan fingerprint density at radius 2 is 1.11 bits per heavy atom. The van der Waals surface area contributed by atoms with Crippen LogP contribution in [0.5, 0.6) is 0 Å². The first-order chi connectivity index (χ1) is 3.73. The molecule has 7 nitrogen and oxygen atoms in total. The first-order valence-electron chi connectivity index (χ1n) is 1.31. The van der Waals surface area contributed by atoms with E-state index in [9.17, 15) is 0 Å². The fraction of sp³-hybridized carbons (Fsp3) is 0. The van der Waals surface area contributed by atoms with Crippen LogP contribution in [0.2, 0.25) is 0 Å². The summed E-state index contributed by atoms with van der Waals surface area (Å²) in [5.74, 6) is 0. The first-order valence-corrected chi connectivity index (χ1v) is 3.94. The first kappa shape index (κ1) is 11.9. The molecule has 9 heavy (non-hydrogen) atoms. The van der Waals surface area contributed by atoms with Gasteiger partial charge in [0.2, 0.25) is 0 Å². The predicted molar refractivity (Wildman–Crippen MR) is 27.7 cm³/mol. The molecule has 0 saturated heterocycles. The Morgan fingerprint density at radius 1 is 1.11 bits per heavy atom. The van der Waals surface area contributed by atoms with Crippen molar-refractivity contribution in [3.63, 3.8) is 0 Å². The van der Waals surface area contributed by atoms with Gasteiger partial charge in [-0.1, -0.05) is 0 Å². The molecule has 0 aliphatic carbocycles. The minimum absolute atomic E-state index is 2.61. The van der Waals surface area contributed by atoms with Gasteiger partial charge >= 0.3 is 7.82 Å². The molecule has 0 bridgehead atoms. The lowest BCUT2D eigenvalue weighted by atomic mass is 15.8. The van der Waals surface area contributed by atoms with Crippen molar-refractivity contribution >= 4 is 19.2 Å². The highest BCUT2D eigenvalue weighted by Crippen LogP contribution is 2.25. The highest BCUT2D eigenvalue weighted by Gasteiger charge is 2.00. The molecule has 0 amide bonds. The number of rotatable bonds is 0. The summed E-state index contributed by atoms with van der Waals surface area (Å²) in [6.45, 7) is 0. The average molecular weight is 180 g/mol. The SMILES string of the molecule is O=P(O)(O)O.O=S(O)O. The van der Waals surface area contributed by atoms with Crippen molar-refractivity contribution in [3.05, 3.63) is 0 Å². The van der Waals surface area contributed by atoms with Gasteiger partial charge in [0.05, 0.1) is 0 Å². The van der Waals surface area contributed by atoms with Gasteiger partial charge in [0.25, 0.3) is 11.4 Å². The minimum atomic E-state index is -4.64. The molecule has 0 spiro atoms. The molecular weight excluding hydrogens is 175 g/mol. The summed E-state index contributed by atoms with van der Waals surface area (Å²) in [5.41, 5.74) is 0. The van der Waals surface area contributed by atoms with Crippen LogP contribution in [0, 0.1) is 0 Å². The second kappa shape index (κ2) is 5.00. The molecule has 58 valence electrons. The van der Waals surface area contributed by atoms with E-state index in [1.54, 1.807) is 0 Å². The Bertz CT molecular complexity index is 109. The van der Waals surface area contributed by atoms with Crippen molar-refractivity contribution in [1.29, 1.82) is 0 Å². The van der Waals surface area contributed by atoms with Crippen LogP contribution in [0.3, 0.4) is 0 Å². The summed E-state index contributed by atoms with van der Waals surface area (Å²) in [5, 5.41) is 0. The fourth-order valence-electron chi connectivity index (χ4n) is 0. The van der Waals surface area contributed by atoms with E-state index in [1.165, 1.54) is 0 Å². The summed E-state index contributed by atoms with van der Waals surface area (Å²) in [6.07, 6.45) is 0. The van der Waals surface area contributed by atoms with Gasteiger partial charge in [-0.25, -0.2) is 4.57 Å². The Labute approximate surface area is 52.7 Å². The molecule has 0 fully saturated rings. The molecule has 0 aromatic heterocycles. The molecule has 0 radical (unpaired) electrons.